The third-order valence-corrected chi connectivity index (χ3v) is 5.22. The van der Waals surface area contributed by atoms with Crippen LogP contribution in [0.15, 0.2) is 47.9 Å². The molecule has 1 aromatic carbocycles. The highest BCUT2D eigenvalue weighted by atomic mass is 35.5. The Morgan fingerprint density at radius 3 is 2.70 bits per heavy atom. The summed E-state index contributed by atoms with van der Waals surface area (Å²) in [5, 5.41) is 12.9. The van der Waals surface area contributed by atoms with Gasteiger partial charge in [-0.05, 0) is 41.1 Å². The summed E-state index contributed by atoms with van der Waals surface area (Å²) in [6.45, 7) is 1.31. The number of aliphatic hydroxyl groups is 1. The molecular weight excluding hydrogens is 330 g/mol. The lowest BCUT2D eigenvalue weighted by Crippen LogP contribution is -2.35. The van der Waals surface area contributed by atoms with Gasteiger partial charge in [-0.25, -0.2) is 0 Å². The Labute approximate surface area is 144 Å². The van der Waals surface area contributed by atoms with Gasteiger partial charge in [0.15, 0.2) is 0 Å². The lowest BCUT2D eigenvalue weighted by atomic mass is 10.0. The topological polar surface area (TPSA) is 40.5 Å². The molecule has 5 heteroatoms. The Morgan fingerprint density at radius 2 is 2.09 bits per heavy atom. The SMILES string of the molecule is O=C(CC(O)c1ccc(Cl)cc1)N1CC=C(c2cccs2)CC1. The summed E-state index contributed by atoms with van der Waals surface area (Å²) in [6, 6.07) is 11.1. The summed E-state index contributed by atoms with van der Waals surface area (Å²) in [4.78, 5) is 15.4. The Bertz CT molecular complexity index is 694. The van der Waals surface area contributed by atoms with Crippen LogP contribution in [0.2, 0.25) is 5.02 Å². The molecular formula is C18H18ClNO2S. The number of hydrogen-bond acceptors (Lipinski definition) is 3. The number of hydrogen-bond donors (Lipinski definition) is 1. The number of thiophene rings is 1. The molecule has 1 N–H and O–H groups in total. The molecule has 0 bridgehead atoms. The van der Waals surface area contributed by atoms with E-state index in [1.165, 1.54) is 10.5 Å². The van der Waals surface area contributed by atoms with Crippen LogP contribution in [0, 0.1) is 0 Å². The van der Waals surface area contributed by atoms with Gasteiger partial charge in [-0.3, -0.25) is 4.79 Å². The molecule has 0 aliphatic carbocycles. The molecule has 1 atom stereocenters. The maximum atomic E-state index is 12.4. The highest BCUT2D eigenvalue weighted by molar-refractivity contribution is 7.11. The third kappa shape index (κ3) is 4.02. The molecule has 1 aromatic heterocycles. The Morgan fingerprint density at radius 1 is 1.30 bits per heavy atom. The number of carbonyl (C=O) groups is 1. The van der Waals surface area contributed by atoms with Crippen molar-refractivity contribution < 1.29 is 9.90 Å². The molecule has 2 aromatic rings. The number of rotatable bonds is 4. The fourth-order valence-corrected chi connectivity index (χ4v) is 3.60. The van der Waals surface area contributed by atoms with Crippen molar-refractivity contribution in [3.8, 4) is 0 Å². The summed E-state index contributed by atoms with van der Waals surface area (Å²) < 4.78 is 0. The summed E-state index contributed by atoms with van der Waals surface area (Å²) in [5.74, 6) is -0.0195. The van der Waals surface area contributed by atoms with Crippen molar-refractivity contribution in [3.63, 3.8) is 0 Å². The maximum Gasteiger partial charge on any atom is 0.225 e. The van der Waals surface area contributed by atoms with E-state index >= 15 is 0 Å². The minimum atomic E-state index is -0.789. The Kier molecular flexibility index (Phi) is 5.16. The van der Waals surface area contributed by atoms with Crippen LogP contribution in [0.1, 0.15) is 29.4 Å². The summed E-state index contributed by atoms with van der Waals surface area (Å²) in [7, 11) is 0. The molecule has 0 saturated carbocycles. The van der Waals surface area contributed by atoms with Crippen LogP contribution >= 0.6 is 22.9 Å². The number of amides is 1. The van der Waals surface area contributed by atoms with Crippen LogP contribution < -0.4 is 0 Å². The van der Waals surface area contributed by atoms with E-state index in [-0.39, 0.29) is 12.3 Å². The number of halogens is 1. The first-order valence-electron chi connectivity index (χ1n) is 7.57. The van der Waals surface area contributed by atoms with Gasteiger partial charge >= 0.3 is 0 Å². The van der Waals surface area contributed by atoms with Crippen molar-refractivity contribution in [2.45, 2.75) is 18.9 Å². The van der Waals surface area contributed by atoms with Gasteiger partial charge in [0, 0.05) is 23.0 Å². The van der Waals surface area contributed by atoms with Gasteiger partial charge in [0.1, 0.15) is 0 Å². The quantitative estimate of drug-likeness (QED) is 0.902. The van der Waals surface area contributed by atoms with Gasteiger partial charge in [0.2, 0.25) is 5.91 Å². The number of benzene rings is 1. The zero-order valence-corrected chi connectivity index (χ0v) is 14.2. The highest BCUT2D eigenvalue weighted by Crippen LogP contribution is 2.27. The van der Waals surface area contributed by atoms with Crippen molar-refractivity contribution in [1.29, 1.82) is 0 Å². The van der Waals surface area contributed by atoms with Crippen LogP contribution in [0.5, 0.6) is 0 Å². The van der Waals surface area contributed by atoms with E-state index in [0.717, 1.165) is 12.0 Å². The van der Waals surface area contributed by atoms with E-state index in [1.807, 2.05) is 6.07 Å². The molecule has 120 valence electrons. The molecule has 1 unspecified atom stereocenters. The molecule has 1 amide bonds. The van der Waals surface area contributed by atoms with Crippen molar-refractivity contribution in [2.24, 2.45) is 0 Å². The van der Waals surface area contributed by atoms with E-state index in [2.05, 4.69) is 17.5 Å². The molecule has 1 aliphatic heterocycles. The molecule has 0 spiro atoms. The van der Waals surface area contributed by atoms with Gasteiger partial charge in [-0.15, -0.1) is 11.3 Å². The van der Waals surface area contributed by atoms with Crippen molar-refractivity contribution >= 4 is 34.4 Å². The Hall–Kier alpha value is -1.62. The number of aliphatic hydroxyl groups excluding tert-OH is 1. The van der Waals surface area contributed by atoms with Crippen LogP contribution in [0.3, 0.4) is 0 Å². The standard InChI is InChI=1S/C18H18ClNO2S/c19-15-5-3-13(4-6-15)16(21)12-18(22)20-9-7-14(8-10-20)17-2-1-11-23-17/h1-7,11,16,21H,8-10,12H2. The Balaban J connectivity index is 1.58. The molecule has 3 nitrogen and oxygen atoms in total. The van der Waals surface area contributed by atoms with Crippen LogP contribution in [0.4, 0.5) is 0 Å². The fourth-order valence-electron chi connectivity index (χ4n) is 2.68. The minimum Gasteiger partial charge on any atom is -0.388 e. The summed E-state index contributed by atoms with van der Waals surface area (Å²) in [5.41, 5.74) is 2.02. The lowest BCUT2D eigenvalue weighted by molar-refractivity contribution is -0.132. The van der Waals surface area contributed by atoms with Crippen LogP contribution in [0.25, 0.3) is 5.57 Å². The number of nitrogens with zero attached hydrogens (tertiary/aromatic N) is 1. The lowest BCUT2D eigenvalue weighted by Gasteiger charge is -2.27. The molecule has 3 rings (SSSR count). The summed E-state index contributed by atoms with van der Waals surface area (Å²) in [6.07, 6.45) is 2.29. The van der Waals surface area contributed by atoms with E-state index in [9.17, 15) is 9.90 Å². The van der Waals surface area contributed by atoms with Gasteiger partial charge in [0.05, 0.1) is 12.5 Å². The average Bonchev–Trinajstić information content (AvgIpc) is 3.10. The smallest absolute Gasteiger partial charge is 0.225 e. The molecule has 1 aliphatic rings. The van der Waals surface area contributed by atoms with Gasteiger partial charge < -0.3 is 10.0 Å². The zero-order chi connectivity index (χ0) is 16.2. The molecule has 0 radical (unpaired) electrons. The van der Waals surface area contributed by atoms with Crippen molar-refractivity contribution in [3.05, 3.63) is 63.3 Å². The van der Waals surface area contributed by atoms with Gasteiger partial charge in [0.25, 0.3) is 0 Å². The normalized spacial score (nSPS) is 16.1. The monoisotopic (exact) mass is 347 g/mol. The first-order valence-corrected chi connectivity index (χ1v) is 8.83. The van der Waals surface area contributed by atoms with E-state index in [4.69, 9.17) is 11.6 Å². The second-order valence-corrected chi connectivity index (χ2v) is 6.95. The average molecular weight is 348 g/mol. The van der Waals surface area contributed by atoms with Crippen LogP contribution in [-0.4, -0.2) is 29.0 Å². The van der Waals surface area contributed by atoms with Gasteiger partial charge in [-0.2, -0.15) is 0 Å². The predicted molar refractivity (Wildman–Crippen MR) is 94.5 cm³/mol. The predicted octanol–water partition coefficient (Wildman–Crippen LogP) is 4.14. The minimum absolute atomic E-state index is 0.0195. The highest BCUT2D eigenvalue weighted by Gasteiger charge is 2.21. The first-order chi connectivity index (χ1) is 11.1. The van der Waals surface area contributed by atoms with Crippen molar-refractivity contribution in [2.75, 3.05) is 13.1 Å². The van der Waals surface area contributed by atoms with Gasteiger partial charge in [-0.1, -0.05) is 35.9 Å². The third-order valence-electron chi connectivity index (χ3n) is 4.02. The second-order valence-electron chi connectivity index (χ2n) is 5.57. The van der Waals surface area contributed by atoms with E-state index < -0.39 is 6.10 Å². The zero-order valence-electron chi connectivity index (χ0n) is 12.6. The summed E-state index contributed by atoms with van der Waals surface area (Å²) >= 11 is 7.56. The number of carbonyl (C=O) groups excluding carboxylic acids is 1. The van der Waals surface area contributed by atoms with E-state index in [0.29, 0.717) is 18.1 Å². The second kappa shape index (κ2) is 7.30. The molecule has 0 saturated heterocycles. The van der Waals surface area contributed by atoms with Crippen LogP contribution in [-0.2, 0) is 4.79 Å². The molecule has 2 heterocycles. The molecule has 23 heavy (non-hydrogen) atoms. The maximum absolute atomic E-state index is 12.4. The van der Waals surface area contributed by atoms with E-state index in [1.54, 1.807) is 40.5 Å². The fraction of sp³-hybridized carbons (Fsp3) is 0.278. The largest absolute Gasteiger partial charge is 0.388 e. The van der Waals surface area contributed by atoms with Crippen molar-refractivity contribution in [1.82, 2.24) is 4.90 Å². The first kappa shape index (κ1) is 16.2. The molecule has 0 fully saturated rings.